The van der Waals surface area contributed by atoms with Gasteiger partial charge in [0.15, 0.2) is 5.58 Å². The van der Waals surface area contributed by atoms with E-state index in [-0.39, 0.29) is 6.04 Å². The van der Waals surface area contributed by atoms with E-state index in [2.05, 4.69) is 47.8 Å². The number of nitrogens with zero attached hydrogens (tertiary/aromatic N) is 3. The predicted octanol–water partition coefficient (Wildman–Crippen LogP) is 2.23. The maximum absolute atomic E-state index is 6.13. The van der Waals surface area contributed by atoms with Crippen LogP contribution in [0.25, 0.3) is 11.1 Å². The summed E-state index contributed by atoms with van der Waals surface area (Å²) in [6.07, 6.45) is 0. The van der Waals surface area contributed by atoms with Crippen molar-refractivity contribution >= 4 is 11.1 Å². The summed E-state index contributed by atoms with van der Waals surface area (Å²) in [7, 11) is 2.18. The van der Waals surface area contributed by atoms with Gasteiger partial charge in [-0.1, -0.05) is 19.9 Å². The summed E-state index contributed by atoms with van der Waals surface area (Å²) >= 11 is 0. The predicted molar refractivity (Wildman–Crippen MR) is 88.5 cm³/mol. The Hall–Kier alpha value is -1.43. The lowest BCUT2D eigenvalue weighted by atomic mass is 10.1. The molecule has 5 nitrogen and oxygen atoms in total. The van der Waals surface area contributed by atoms with Gasteiger partial charge in [0, 0.05) is 32.7 Å². The van der Waals surface area contributed by atoms with Crippen LogP contribution < -0.4 is 5.73 Å². The van der Waals surface area contributed by atoms with Gasteiger partial charge >= 0.3 is 0 Å². The Morgan fingerprint density at radius 1 is 1.23 bits per heavy atom. The molecule has 0 spiro atoms. The minimum absolute atomic E-state index is 0.145. The molecule has 2 N–H and O–H groups in total. The maximum atomic E-state index is 6.13. The summed E-state index contributed by atoms with van der Waals surface area (Å²) < 4.78 is 5.79. The van der Waals surface area contributed by atoms with Crippen molar-refractivity contribution in [3.63, 3.8) is 0 Å². The number of fused-ring (bicyclic) bond motifs is 1. The highest BCUT2D eigenvalue weighted by Gasteiger charge is 2.18. The van der Waals surface area contributed by atoms with Crippen molar-refractivity contribution in [1.82, 2.24) is 14.8 Å². The van der Waals surface area contributed by atoms with E-state index in [0.29, 0.717) is 11.8 Å². The summed E-state index contributed by atoms with van der Waals surface area (Å²) in [6.45, 7) is 9.66. The quantitative estimate of drug-likeness (QED) is 0.938. The molecule has 0 saturated carbocycles. The van der Waals surface area contributed by atoms with Gasteiger partial charge in [-0.3, -0.25) is 4.90 Å². The van der Waals surface area contributed by atoms with Crippen LogP contribution in [-0.4, -0.2) is 48.0 Å². The van der Waals surface area contributed by atoms with E-state index >= 15 is 0 Å². The van der Waals surface area contributed by atoms with Gasteiger partial charge in [0.2, 0.25) is 5.89 Å². The van der Waals surface area contributed by atoms with Crippen molar-refractivity contribution in [2.75, 3.05) is 33.2 Å². The second kappa shape index (κ2) is 6.36. The highest BCUT2D eigenvalue weighted by atomic mass is 16.3. The maximum Gasteiger partial charge on any atom is 0.212 e. The molecule has 1 aliphatic heterocycles. The Labute approximate surface area is 132 Å². The van der Waals surface area contributed by atoms with E-state index in [1.165, 1.54) is 5.56 Å². The molecule has 0 bridgehead atoms. The van der Waals surface area contributed by atoms with Gasteiger partial charge in [-0.05, 0) is 30.7 Å². The van der Waals surface area contributed by atoms with Crippen molar-refractivity contribution in [1.29, 1.82) is 0 Å². The molecule has 1 fully saturated rings. The van der Waals surface area contributed by atoms with Crippen molar-refractivity contribution in [3.05, 3.63) is 29.7 Å². The highest BCUT2D eigenvalue weighted by Crippen LogP contribution is 2.24. The Balaban J connectivity index is 1.75. The molecular formula is C17H26N4O. The van der Waals surface area contributed by atoms with Gasteiger partial charge in [0.1, 0.15) is 5.52 Å². The number of rotatable bonds is 4. The van der Waals surface area contributed by atoms with E-state index in [4.69, 9.17) is 10.2 Å². The van der Waals surface area contributed by atoms with Gasteiger partial charge in [-0.15, -0.1) is 0 Å². The Kier molecular flexibility index (Phi) is 4.47. The third-order valence-corrected chi connectivity index (χ3v) is 4.47. The first-order valence-corrected chi connectivity index (χ1v) is 8.09. The molecule has 2 aromatic rings. The van der Waals surface area contributed by atoms with E-state index in [1.54, 1.807) is 0 Å². The molecule has 5 heteroatoms. The second-order valence-corrected chi connectivity index (χ2v) is 6.70. The summed E-state index contributed by atoms with van der Waals surface area (Å²) in [5.74, 6) is 0.958. The zero-order valence-corrected chi connectivity index (χ0v) is 13.7. The van der Waals surface area contributed by atoms with Crippen molar-refractivity contribution < 1.29 is 4.42 Å². The van der Waals surface area contributed by atoms with Gasteiger partial charge in [-0.25, -0.2) is 4.98 Å². The van der Waals surface area contributed by atoms with Crippen LogP contribution in [0.4, 0.5) is 0 Å². The lowest BCUT2D eigenvalue weighted by molar-refractivity contribution is 0.148. The first-order valence-electron chi connectivity index (χ1n) is 8.09. The fourth-order valence-electron chi connectivity index (χ4n) is 2.78. The van der Waals surface area contributed by atoms with Gasteiger partial charge in [0.05, 0.1) is 6.04 Å². The van der Waals surface area contributed by atoms with Crippen LogP contribution >= 0.6 is 0 Å². The summed E-state index contributed by atoms with van der Waals surface area (Å²) in [5.41, 5.74) is 9.16. The molecule has 0 amide bonds. The molecule has 1 saturated heterocycles. The van der Waals surface area contributed by atoms with Crippen LogP contribution in [-0.2, 0) is 6.54 Å². The molecule has 1 unspecified atom stereocenters. The lowest BCUT2D eigenvalue weighted by Crippen LogP contribution is -2.43. The highest BCUT2D eigenvalue weighted by molar-refractivity contribution is 5.73. The first kappa shape index (κ1) is 15.5. The number of benzene rings is 1. The molecule has 1 aromatic carbocycles. The number of likely N-dealkylation sites (N-methyl/N-ethyl adjacent to an activating group) is 1. The third kappa shape index (κ3) is 3.32. The van der Waals surface area contributed by atoms with E-state index in [1.807, 2.05) is 6.07 Å². The van der Waals surface area contributed by atoms with Crippen LogP contribution in [0.2, 0.25) is 0 Å². The monoisotopic (exact) mass is 302 g/mol. The van der Waals surface area contributed by atoms with Crippen LogP contribution in [0.1, 0.15) is 31.3 Å². The number of hydrogen-bond acceptors (Lipinski definition) is 5. The number of oxazole rings is 1. The fraction of sp³-hybridized carbons (Fsp3) is 0.588. The summed E-state index contributed by atoms with van der Waals surface area (Å²) in [6, 6.07) is 6.14. The minimum Gasteiger partial charge on any atom is -0.439 e. The van der Waals surface area contributed by atoms with Crippen molar-refractivity contribution in [3.8, 4) is 0 Å². The van der Waals surface area contributed by atoms with E-state index < -0.39 is 0 Å². The molecule has 22 heavy (non-hydrogen) atoms. The number of nitrogens with two attached hydrogens (primary N) is 1. The Morgan fingerprint density at radius 3 is 2.64 bits per heavy atom. The normalized spacial score (nSPS) is 19.1. The average Bonchev–Trinajstić information content (AvgIpc) is 2.91. The van der Waals surface area contributed by atoms with Crippen LogP contribution in [0.3, 0.4) is 0 Å². The summed E-state index contributed by atoms with van der Waals surface area (Å²) in [5, 5.41) is 0. The largest absolute Gasteiger partial charge is 0.439 e. The Morgan fingerprint density at radius 2 is 1.95 bits per heavy atom. The number of piperazine rings is 1. The average molecular weight is 302 g/mol. The van der Waals surface area contributed by atoms with Gasteiger partial charge in [-0.2, -0.15) is 0 Å². The molecule has 1 aliphatic rings. The zero-order chi connectivity index (χ0) is 15.7. The molecule has 0 radical (unpaired) electrons. The zero-order valence-electron chi connectivity index (χ0n) is 13.7. The lowest BCUT2D eigenvalue weighted by Gasteiger charge is -2.32. The van der Waals surface area contributed by atoms with Gasteiger partial charge < -0.3 is 15.1 Å². The number of aromatic nitrogens is 1. The minimum atomic E-state index is -0.145. The molecular weight excluding hydrogens is 276 g/mol. The first-order chi connectivity index (χ1) is 10.5. The Bertz CT molecular complexity index is 629. The fourth-order valence-corrected chi connectivity index (χ4v) is 2.78. The van der Waals surface area contributed by atoms with Crippen molar-refractivity contribution in [2.24, 2.45) is 11.7 Å². The topological polar surface area (TPSA) is 58.5 Å². The number of hydrogen-bond donors (Lipinski definition) is 1. The van der Waals surface area contributed by atoms with E-state index in [9.17, 15) is 0 Å². The standard InChI is InChI=1S/C17H26N4O/c1-12(2)16(18)17-19-14-10-13(4-5-15(14)22-17)11-21-8-6-20(3)7-9-21/h4-5,10,12,16H,6-9,11,18H2,1-3H3. The van der Waals surface area contributed by atoms with Crippen molar-refractivity contribution in [2.45, 2.75) is 26.4 Å². The van der Waals surface area contributed by atoms with Crippen LogP contribution in [0, 0.1) is 5.92 Å². The smallest absolute Gasteiger partial charge is 0.212 e. The molecule has 0 aliphatic carbocycles. The molecule has 1 atom stereocenters. The van der Waals surface area contributed by atoms with E-state index in [0.717, 1.165) is 43.8 Å². The van der Waals surface area contributed by atoms with Crippen LogP contribution in [0.15, 0.2) is 22.6 Å². The molecule has 1 aromatic heterocycles. The summed E-state index contributed by atoms with van der Waals surface area (Å²) in [4.78, 5) is 9.44. The SMILES string of the molecule is CC(C)C(N)c1nc2cc(CN3CCN(C)CC3)ccc2o1. The second-order valence-electron chi connectivity index (χ2n) is 6.70. The van der Waals surface area contributed by atoms with Crippen LogP contribution in [0.5, 0.6) is 0 Å². The molecule has 2 heterocycles. The third-order valence-electron chi connectivity index (χ3n) is 4.47. The molecule has 3 rings (SSSR count). The molecule has 120 valence electrons. The van der Waals surface area contributed by atoms with Gasteiger partial charge in [0.25, 0.3) is 0 Å².